The van der Waals surface area contributed by atoms with Crippen LogP contribution in [-0.4, -0.2) is 44.4 Å². The van der Waals surface area contributed by atoms with Crippen molar-refractivity contribution in [3.8, 4) is 11.5 Å². The Morgan fingerprint density at radius 1 is 1.19 bits per heavy atom. The van der Waals surface area contributed by atoms with Crippen LogP contribution < -0.4 is 9.47 Å². The number of nitrogens with zero attached hydrogens (tertiary/aromatic N) is 1. The lowest BCUT2D eigenvalue weighted by Gasteiger charge is -2.46. The first kappa shape index (κ1) is 13.4. The van der Waals surface area contributed by atoms with Crippen molar-refractivity contribution in [1.82, 2.24) is 4.90 Å². The summed E-state index contributed by atoms with van der Waals surface area (Å²) in [6.07, 6.45) is 3.76. The Kier molecular flexibility index (Phi) is 3.12. The summed E-state index contributed by atoms with van der Waals surface area (Å²) < 4.78 is 16.4. The number of fused-ring (bicyclic) bond motifs is 3. The van der Waals surface area contributed by atoms with Crippen molar-refractivity contribution in [3.63, 3.8) is 0 Å². The maximum absolute atomic E-state index is 5.64. The summed E-state index contributed by atoms with van der Waals surface area (Å²) in [5, 5.41) is 0. The van der Waals surface area contributed by atoms with Gasteiger partial charge in [0, 0.05) is 24.2 Å². The average molecular weight is 289 g/mol. The quantitative estimate of drug-likeness (QED) is 0.779. The maximum Gasteiger partial charge on any atom is 0.127 e. The minimum absolute atomic E-state index is 0.592. The van der Waals surface area contributed by atoms with Crippen LogP contribution >= 0.6 is 0 Å². The molecule has 114 valence electrons. The first-order valence-corrected chi connectivity index (χ1v) is 7.78. The number of epoxide rings is 1. The van der Waals surface area contributed by atoms with Crippen LogP contribution in [-0.2, 0) is 11.3 Å². The van der Waals surface area contributed by atoms with Gasteiger partial charge in [0.25, 0.3) is 0 Å². The average Bonchev–Trinajstić information content (AvgIpc) is 3.17. The fourth-order valence-corrected chi connectivity index (χ4v) is 4.29. The number of methoxy groups -OCH3 is 2. The van der Waals surface area contributed by atoms with Crippen molar-refractivity contribution in [3.05, 3.63) is 23.8 Å². The van der Waals surface area contributed by atoms with Crippen molar-refractivity contribution in [2.75, 3.05) is 21.3 Å². The van der Waals surface area contributed by atoms with Gasteiger partial charge in [0.1, 0.15) is 11.5 Å². The molecule has 2 aliphatic carbocycles. The molecular weight excluding hydrogens is 266 g/mol. The SMILES string of the molecule is COc1ccc(CN(C)C2C[C@H]3C4OC4C[C@@H]23)c(OC)c1. The topological polar surface area (TPSA) is 34.2 Å². The number of benzene rings is 1. The van der Waals surface area contributed by atoms with E-state index < -0.39 is 0 Å². The summed E-state index contributed by atoms with van der Waals surface area (Å²) >= 11 is 0. The molecule has 5 atom stereocenters. The summed E-state index contributed by atoms with van der Waals surface area (Å²) in [6, 6.07) is 6.79. The van der Waals surface area contributed by atoms with Crippen LogP contribution in [0.25, 0.3) is 0 Å². The number of hydrogen-bond donors (Lipinski definition) is 0. The zero-order valence-electron chi connectivity index (χ0n) is 12.9. The van der Waals surface area contributed by atoms with E-state index in [0.29, 0.717) is 18.2 Å². The van der Waals surface area contributed by atoms with Crippen LogP contribution in [0.2, 0.25) is 0 Å². The van der Waals surface area contributed by atoms with Gasteiger partial charge >= 0.3 is 0 Å². The third-order valence-corrected chi connectivity index (χ3v) is 5.59. The van der Waals surface area contributed by atoms with Crippen molar-refractivity contribution < 1.29 is 14.2 Å². The van der Waals surface area contributed by atoms with E-state index in [9.17, 15) is 0 Å². The van der Waals surface area contributed by atoms with Gasteiger partial charge in [-0.25, -0.2) is 0 Å². The molecule has 21 heavy (non-hydrogen) atoms. The Hall–Kier alpha value is -1.26. The number of hydrogen-bond acceptors (Lipinski definition) is 4. The Balaban J connectivity index is 1.43. The summed E-state index contributed by atoms with van der Waals surface area (Å²) in [6.45, 7) is 0.928. The molecule has 0 spiro atoms. The fourth-order valence-electron chi connectivity index (χ4n) is 4.29. The smallest absolute Gasteiger partial charge is 0.127 e. The Labute approximate surface area is 126 Å². The third-order valence-electron chi connectivity index (χ3n) is 5.59. The Morgan fingerprint density at radius 2 is 2.05 bits per heavy atom. The minimum Gasteiger partial charge on any atom is -0.497 e. The second-order valence-electron chi connectivity index (χ2n) is 6.60. The molecule has 0 N–H and O–H groups in total. The molecule has 4 nitrogen and oxygen atoms in total. The molecule has 1 aromatic carbocycles. The second kappa shape index (κ2) is 4.89. The van der Waals surface area contributed by atoms with Gasteiger partial charge in [-0.2, -0.15) is 0 Å². The van der Waals surface area contributed by atoms with E-state index in [0.717, 1.165) is 29.9 Å². The molecule has 0 radical (unpaired) electrons. The molecule has 1 heterocycles. The van der Waals surface area contributed by atoms with Gasteiger partial charge < -0.3 is 14.2 Å². The largest absolute Gasteiger partial charge is 0.497 e. The van der Waals surface area contributed by atoms with Gasteiger partial charge in [-0.15, -0.1) is 0 Å². The lowest BCUT2D eigenvalue weighted by Crippen LogP contribution is -2.50. The fraction of sp³-hybridized carbons (Fsp3) is 0.647. The van der Waals surface area contributed by atoms with Crippen LogP contribution in [0.1, 0.15) is 18.4 Å². The highest BCUT2D eigenvalue weighted by Gasteiger charge is 2.63. The highest BCUT2D eigenvalue weighted by atomic mass is 16.6. The third kappa shape index (κ3) is 2.12. The molecule has 2 saturated carbocycles. The maximum atomic E-state index is 5.64. The van der Waals surface area contributed by atoms with Crippen molar-refractivity contribution in [1.29, 1.82) is 0 Å². The molecule has 4 heteroatoms. The van der Waals surface area contributed by atoms with Crippen LogP contribution in [0.3, 0.4) is 0 Å². The molecular formula is C17H23NO3. The van der Waals surface area contributed by atoms with Crippen molar-refractivity contribution >= 4 is 0 Å². The molecule has 3 fully saturated rings. The van der Waals surface area contributed by atoms with Gasteiger partial charge in [0.15, 0.2) is 0 Å². The summed E-state index contributed by atoms with van der Waals surface area (Å²) in [5.74, 6) is 3.44. The number of rotatable bonds is 5. The highest BCUT2D eigenvalue weighted by molar-refractivity contribution is 5.40. The molecule has 0 bridgehead atoms. The summed E-state index contributed by atoms with van der Waals surface area (Å²) in [4.78, 5) is 2.48. The predicted molar refractivity (Wildman–Crippen MR) is 79.7 cm³/mol. The molecule has 0 aromatic heterocycles. The van der Waals surface area contributed by atoms with E-state index in [1.807, 2.05) is 12.1 Å². The second-order valence-corrected chi connectivity index (χ2v) is 6.60. The van der Waals surface area contributed by atoms with Crippen LogP contribution in [0.5, 0.6) is 11.5 Å². The first-order valence-electron chi connectivity index (χ1n) is 7.78. The Bertz CT molecular complexity index is 547. The number of ether oxygens (including phenoxy) is 3. The molecule has 1 saturated heterocycles. The van der Waals surface area contributed by atoms with Crippen LogP contribution in [0.15, 0.2) is 18.2 Å². The van der Waals surface area contributed by atoms with Gasteiger partial charge in [-0.05, 0) is 37.8 Å². The lowest BCUT2D eigenvalue weighted by molar-refractivity contribution is -0.00506. The standard InChI is InChI=1S/C17H23NO3/c1-18(14-7-13-12(14)8-16-17(13)21-16)9-10-4-5-11(19-2)6-15(10)20-3/h4-6,12-14,16-17H,7-9H2,1-3H3/t12-,13-,14?,16?,17?/m1/s1. The van der Waals surface area contributed by atoms with Gasteiger partial charge in [-0.3, -0.25) is 4.90 Å². The van der Waals surface area contributed by atoms with Gasteiger partial charge in [-0.1, -0.05) is 6.07 Å². The monoisotopic (exact) mass is 289 g/mol. The van der Waals surface area contributed by atoms with E-state index in [4.69, 9.17) is 14.2 Å². The summed E-state index contributed by atoms with van der Waals surface area (Å²) in [7, 11) is 5.64. The molecule has 1 aliphatic heterocycles. The normalized spacial score (nSPS) is 35.9. The lowest BCUT2D eigenvalue weighted by atomic mass is 9.70. The molecule has 1 aromatic rings. The van der Waals surface area contributed by atoms with Crippen LogP contribution in [0, 0.1) is 11.8 Å². The Morgan fingerprint density at radius 3 is 2.76 bits per heavy atom. The highest BCUT2D eigenvalue weighted by Crippen LogP contribution is 2.58. The molecule has 0 amide bonds. The van der Waals surface area contributed by atoms with E-state index in [1.165, 1.54) is 18.4 Å². The van der Waals surface area contributed by atoms with Gasteiger partial charge in [0.2, 0.25) is 0 Å². The molecule has 4 rings (SSSR count). The van der Waals surface area contributed by atoms with E-state index >= 15 is 0 Å². The zero-order chi connectivity index (χ0) is 14.6. The van der Waals surface area contributed by atoms with E-state index in [2.05, 4.69) is 18.0 Å². The van der Waals surface area contributed by atoms with Crippen molar-refractivity contribution in [2.24, 2.45) is 11.8 Å². The molecule has 3 unspecified atom stereocenters. The molecule has 3 aliphatic rings. The van der Waals surface area contributed by atoms with E-state index in [-0.39, 0.29) is 0 Å². The van der Waals surface area contributed by atoms with Gasteiger partial charge in [0.05, 0.1) is 26.4 Å². The summed E-state index contributed by atoms with van der Waals surface area (Å²) in [5.41, 5.74) is 1.23. The minimum atomic E-state index is 0.592. The predicted octanol–water partition coefficient (Wildman–Crippen LogP) is 2.31. The first-order chi connectivity index (χ1) is 10.2. The zero-order valence-corrected chi connectivity index (χ0v) is 12.9. The van der Waals surface area contributed by atoms with Crippen molar-refractivity contribution in [2.45, 2.75) is 37.6 Å². The van der Waals surface area contributed by atoms with Crippen LogP contribution in [0.4, 0.5) is 0 Å². The van der Waals surface area contributed by atoms with E-state index in [1.54, 1.807) is 14.2 Å².